The van der Waals surface area contributed by atoms with E-state index in [-0.39, 0.29) is 6.08 Å². The Morgan fingerprint density at radius 2 is 2.28 bits per heavy atom. The molecule has 0 aliphatic carbocycles. The average molecular weight is 311 g/mol. The molecule has 2 rings (SSSR count). The molecule has 1 aromatic carbocycles. The predicted octanol–water partition coefficient (Wildman–Crippen LogP) is 3.65. The molecule has 0 amide bonds. The van der Waals surface area contributed by atoms with Crippen LogP contribution in [0.2, 0.25) is 0 Å². The highest BCUT2D eigenvalue weighted by molar-refractivity contribution is 9.10. The molecule has 96 valence electrons. The van der Waals surface area contributed by atoms with E-state index in [1.54, 1.807) is 6.26 Å². The molecule has 1 N–H and O–H groups in total. The first kappa shape index (κ1) is 13.1. The number of hydrogen-bond donors (Lipinski definition) is 1. The summed E-state index contributed by atoms with van der Waals surface area (Å²) < 4.78 is 11.9. The first-order valence-corrected chi connectivity index (χ1v) is 6.57. The minimum absolute atomic E-state index is 0.272. The smallest absolute Gasteiger partial charge is 0.399 e. The van der Waals surface area contributed by atoms with Crippen LogP contribution in [0.25, 0.3) is 0 Å². The second-order valence-corrected chi connectivity index (χ2v) is 4.81. The number of ether oxygens (including phenoxy) is 1. The molecule has 4 nitrogen and oxygen atoms in total. The monoisotopic (exact) mass is 310 g/mol. The van der Waals surface area contributed by atoms with Crippen LogP contribution in [0.3, 0.4) is 0 Å². The lowest BCUT2D eigenvalue weighted by atomic mass is 10.2. The molecule has 2 aromatic rings. The van der Waals surface area contributed by atoms with Crippen LogP contribution in [0.5, 0.6) is 11.8 Å². The van der Waals surface area contributed by atoms with E-state index in [2.05, 4.69) is 26.2 Å². The van der Waals surface area contributed by atoms with Gasteiger partial charge in [-0.05, 0) is 37.2 Å². The molecule has 1 heterocycles. The molecule has 0 fully saturated rings. The van der Waals surface area contributed by atoms with Crippen molar-refractivity contribution < 1.29 is 9.15 Å². The van der Waals surface area contributed by atoms with E-state index >= 15 is 0 Å². The molecule has 0 saturated carbocycles. The Morgan fingerprint density at radius 1 is 1.44 bits per heavy atom. The SMILES string of the molecule is CCNCc1coc(Oc2ccc(Br)cc2C)n1. The van der Waals surface area contributed by atoms with E-state index in [1.807, 2.05) is 32.0 Å². The van der Waals surface area contributed by atoms with E-state index in [4.69, 9.17) is 9.15 Å². The van der Waals surface area contributed by atoms with Crippen molar-refractivity contribution in [3.63, 3.8) is 0 Å². The van der Waals surface area contributed by atoms with Crippen molar-refractivity contribution >= 4 is 15.9 Å². The van der Waals surface area contributed by atoms with E-state index in [9.17, 15) is 0 Å². The van der Waals surface area contributed by atoms with Gasteiger partial charge >= 0.3 is 6.08 Å². The van der Waals surface area contributed by atoms with Crippen molar-refractivity contribution in [2.45, 2.75) is 20.4 Å². The summed E-state index contributed by atoms with van der Waals surface area (Å²) in [6, 6.07) is 5.79. The summed E-state index contributed by atoms with van der Waals surface area (Å²) in [4.78, 5) is 4.24. The molecular formula is C13H15BrN2O2. The lowest BCUT2D eigenvalue weighted by Gasteiger charge is -2.04. The highest BCUT2D eigenvalue weighted by Gasteiger charge is 2.08. The lowest BCUT2D eigenvalue weighted by molar-refractivity contribution is 0.329. The van der Waals surface area contributed by atoms with Gasteiger partial charge in [-0.1, -0.05) is 22.9 Å². The molecule has 0 aliphatic heterocycles. The van der Waals surface area contributed by atoms with E-state index in [0.29, 0.717) is 6.54 Å². The van der Waals surface area contributed by atoms with Crippen molar-refractivity contribution in [2.75, 3.05) is 6.54 Å². The van der Waals surface area contributed by atoms with Gasteiger partial charge in [0.25, 0.3) is 0 Å². The van der Waals surface area contributed by atoms with Crippen molar-refractivity contribution in [2.24, 2.45) is 0 Å². The Labute approximate surface area is 114 Å². The minimum Gasteiger partial charge on any atom is -0.417 e. The van der Waals surface area contributed by atoms with Crippen LogP contribution >= 0.6 is 15.9 Å². The number of oxazole rings is 1. The molecule has 0 saturated heterocycles. The highest BCUT2D eigenvalue weighted by atomic mass is 79.9. The molecular weight excluding hydrogens is 296 g/mol. The first-order chi connectivity index (χ1) is 8.69. The Balaban J connectivity index is 2.06. The fourth-order valence-corrected chi connectivity index (χ4v) is 1.97. The summed E-state index contributed by atoms with van der Waals surface area (Å²) in [5.41, 5.74) is 1.86. The van der Waals surface area contributed by atoms with Crippen molar-refractivity contribution in [1.82, 2.24) is 10.3 Å². The molecule has 5 heteroatoms. The first-order valence-electron chi connectivity index (χ1n) is 5.78. The van der Waals surface area contributed by atoms with Crippen LogP contribution in [0, 0.1) is 6.92 Å². The third-order valence-electron chi connectivity index (χ3n) is 2.42. The third-order valence-corrected chi connectivity index (χ3v) is 2.91. The molecule has 0 radical (unpaired) electrons. The number of nitrogens with zero attached hydrogens (tertiary/aromatic N) is 1. The van der Waals surface area contributed by atoms with Crippen molar-refractivity contribution in [1.29, 1.82) is 0 Å². The number of hydrogen-bond acceptors (Lipinski definition) is 4. The van der Waals surface area contributed by atoms with Gasteiger partial charge in [-0.15, -0.1) is 0 Å². The summed E-state index contributed by atoms with van der Waals surface area (Å²) in [5.74, 6) is 0.745. The van der Waals surface area contributed by atoms with E-state index < -0.39 is 0 Å². The standard InChI is InChI=1S/C13H15BrN2O2/c1-3-15-7-11-8-17-13(16-11)18-12-5-4-10(14)6-9(12)2/h4-6,8,15H,3,7H2,1-2H3. The van der Waals surface area contributed by atoms with Crippen LogP contribution in [0.15, 0.2) is 33.4 Å². The summed E-state index contributed by atoms with van der Waals surface area (Å²) in [5, 5.41) is 3.18. The van der Waals surface area contributed by atoms with Gasteiger partial charge in [0.15, 0.2) is 0 Å². The van der Waals surface area contributed by atoms with Gasteiger partial charge in [-0.25, -0.2) is 0 Å². The molecule has 0 atom stereocenters. The normalized spacial score (nSPS) is 10.6. The van der Waals surface area contributed by atoms with Gasteiger partial charge in [0.1, 0.15) is 12.0 Å². The molecule has 0 aliphatic rings. The van der Waals surface area contributed by atoms with Crippen LogP contribution in [0.1, 0.15) is 18.2 Å². The Morgan fingerprint density at radius 3 is 3.00 bits per heavy atom. The number of nitrogens with one attached hydrogen (secondary N) is 1. The quantitative estimate of drug-likeness (QED) is 0.915. The Bertz CT molecular complexity index is 525. The fraction of sp³-hybridized carbons (Fsp3) is 0.308. The number of halogens is 1. The number of rotatable bonds is 5. The van der Waals surface area contributed by atoms with Crippen LogP contribution in [0.4, 0.5) is 0 Å². The number of benzene rings is 1. The van der Waals surface area contributed by atoms with Crippen LogP contribution in [-0.4, -0.2) is 11.5 Å². The second kappa shape index (κ2) is 6.02. The maximum atomic E-state index is 5.60. The summed E-state index contributed by atoms with van der Waals surface area (Å²) in [6.07, 6.45) is 1.87. The Kier molecular flexibility index (Phi) is 4.38. The van der Waals surface area contributed by atoms with Gasteiger partial charge in [-0.3, -0.25) is 0 Å². The van der Waals surface area contributed by atoms with E-state index in [1.165, 1.54) is 0 Å². The van der Waals surface area contributed by atoms with Gasteiger partial charge in [0.05, 0.1) is 5.69 Å². The zero-order valence-electron chi connectivity index (χ0n) is 10.4. The third kappa shape index (κ3) is 3.34. The second-order valence-electron chi connectivity index (χ2n) is 3.90. The summed E-state index contributed by atoms with van der Waals surface area (Å²) in [7, 11) is 0. The van der Waals surface area contributed by atoms with Crippen molar-refractivity contribution in [3.05, 3.63) is 40.2 Å². The van der Waals surface area contributed by atoms with Crippen LogP contribution < -0.4 is 10.1 Å². The summed E-state index contributed by atoms with van der Waals surface area (Å²) in [6.45, 7) is 5.60. The predicted molar refractivity (Wildman–Crippen MR) is 72.8 cm³/mol. The maximum absolute atomic E-state index is 5.60. The number of aromatic nitrogens is 1. The lowest BCUT2D eigenvalue weighted by Crippen LogP contribution is -2.11. The van der Waals surface area contributed by atoms with Crippen molar-refractivity contribution in [3.8, 4) is 11.8 Å². The molecule has 0 bridgehead atoms. The number of aryl methyl sites for hydroxylation is 1. The van der Waals surface area contributed by atoms with Gasteiger partial charge in [0.2, 0.25) is 0 Å². The van der Waals surface area contributed by atoms with Gasteiger partial charge in [-0.2, -0.15) is 4.98 Å². The largest absolute Gasteiger partial charge is 0.417 e. The molecule has 0 unspecified atom stereocenters. The summed E-state index contributed by atoms with van der Waals surface area (Å²) >= 11 is 3.41. The maximum Gasteiger partial charge on any atom is 0.399 e. The molecule has 18 heavy (non-hydrogen) atoms. The zero-order chi connectivity index (χ0) is 13.0. The van der Waals surface area contributed by atoms with E-state index in [0.717, 1.165) is 28.0 Å². The van der Waals surface area contributed by atoms with Gasteiger partial charge < -0.3 is 14.5 Å². The highest BCUT2D eigenvalue weighted by Crippen LogP contribution is 2.26. The topological polar surface area (TPSA) is 47.3 Å². The van der Waals surface area contributed by atoms with Crippen LogP contribution in [-0.2, 0) is 6.54 Å². The Hall–Kier alpha value is -1.33. The minimum atomic E-state index is 0.272. The average Bonchev–Trinajstić information content (AvgIpc) is 2.78. The molecule has 0 spiro atoms. The van der Waals surface area contributed by atoms with Gasteiger partial charge in [0, 0.05) is 11.0 Å². The zero-order valence-corrected chi connectivity index (χ0v) is 12.0. The molecule has 1 aromatic heterocycles. The fourth-order valence-electron chi connectivity index (χ4n) is 1.49.